The van der Waals surface area contributed by atoms with E-state index in [2.05, 4.69) is 4.98 Å². The second-order valence-corrected chi connectivity index (χ2v) is 9.13. The van der Waals surface area contributed by atoms with Crippen molar-refractivity contribution in [1.29, 1.82) is 0 Å². The Balaban J connectivity index is 1.62. The molecule has 3 aromatic carbocycles. The van der Waals surface area contributed by atoms with Gasteiger partial charge in [-0.15, -0.1) is 0 Å². The molecule has 0 amide bonds. The maximum absolute atomic E-state index is 12.6. The molecule has 0 bridgehead atoms. The van der Waals surface area contributed by atoms with Gasteiger partial charge in [-0.3, -0.25) is 0 Å². The van der Waals surface area contributed by atoms with Crippen LogP contribution < -0.4 is 9.47 Å². The molecule has 178 valence electrons. The molecular weight excluding hydrogens is 438 g/mol. The maximum atomic E-state index is 12.6. The standard InChI is InChI=1S/C30H29NO4/c1-30(2,3)35-29(32)25-16-10-15-24(19-25)26-17-18-27(33-20-22-11-6-4-7-12-22)31-28(26)34-21-23-13-8-5-9-14-23/h4-19H,20-21H2,1-3H3. The summed E-state index contributed by atoms with van der Waals surface area (Å²) in [7, 11) is 0. The van der Waals surface area contributed by atoms with Gasteiger partial charge in [-0.2, -0.15) is 4.98 Å². The molecule has 0 saturated heterocycles. The lowest BCUT2D eigenvalue weighted by Crippen LogP contribution is -2.23. The summed E-state index contributed by atoms with van der Waals surface area (Å²) < 4.78 is 17.6. The van der Waals surface area contributed by atoms with Crippen molar-refractivity contribution in [3.63, 3.8) is 0 Å². The number of carbonyl (C=O) groups is 1. The SMILES string of the molecule is CC(C)(C)OC(=O)c1cccc(-c2ccc(OCc3ccccc3)nc2OCc2ccccc2)c1. The summed E-state index contributed by atoms with van der Waals surface area (Å²) in [5.74, 6) is 0.520. The zero-order valence-electron chi connectivity index (χ0n) is 20.2. The molecule has 1 aromatic heterocycles. The lowest BCUT2D eigenvalue weighted by molar-refractivity contribution is 0.00695. The zero-order valence-corrected chi connectivity index (χ0v) is 20.2. The minimum absolute atomic E-state index is 0.356. The fraction of sp³-hybridized carbons (Fsp3) is 0.200. The average molecular weight is 468 g/mol. The number of hydrogen-bond donors (Lipinski definition) is 0. The van der Waals surface area contributed by atoms with Crippen molar-refractivity contribution in [2.75, 3.05) is 0 Å². The van der Waals surface area contributed by atoms with Crippen LogP contribution in [0.1, 0.15) is 42.3 Å². The van der Waals surface area contributed by atoms with E-state index in [-0.39, 0.29) is 5.97 Å². The van der Waals surface area contributed by atoms with Crippen LogP contribution >= 0.6 is 0 Å². The smallest absolute Gasteiger partial charge is 0.338 e. The molecule has 1 heterocycles. The van der Waals surface area contributed by atoms with E-state index in [9.17, 15) is 4.79 Å². The minimum Gasteiger partial charge on any atom is -0.473 e. The molecule has 0 fully saturated rings. The highest BCUT2D eigenvalue weighted by Crippen LogP contribution is 2.32. The molecule has 35 heavy (non-hydrogen) atoms. The number of nitrogens with zero attached hydrogens (tertiary/aromatic N) is 1. The van der Waals surface area contributed by atoms with E-state index in [0.29, 0.717) is 30.5 Å². The molecule has 0 aliphatic heterocycles. The Morgan fingerprint density at radius 2 is 1.37 bits per heavy atom. The second-order valence-electron chi connectivity index (χ2n) is 9.13. The summed E-state index contributed by atoms with van der Waals surface area (Å²) >= 11 is 0. The van der Waals surface area contributed by atoms with Crippen LogP contribution in [0.4, 0.5) is 0 Å². The molecule has 0 N–H and O–H groups in total. The van der Waals surface area contributed by atoms with Gasteiger partial charge in [-0.25, -0.2) is 4.79 Å². The van der Waals surface area contributed by atoms with Crippen molar-refractivity contribution < 1.29 is 19.0 Å². The maximum Gasteiger partial charge on any atom is 0.338 e. The number of pyridine rings is 1. The molecule has 4 rings (SSSR count). The van der Waals surface area contributed by atoms with E-state index in [1.165, 1.54) is 0 Å². The first-order valence-electron chi connectivity index (χ1n) is 11.6. The van der Waals surface area contributed by atoms with Gasteiger partial charge in [0.15, 0.2) is 0 Å². The predicted octanol–water partition coefficient (Wildman–Crippen LogP) is 6.86. The topological polar surface area (TPSA) is 57.7 Å². The normalized spacial score (nSPS) is 11.1. The van der Waals surface area contributed by atoms with Gasteiger partial charge in [-0.1, -0.05) is 72.8 Å². The quantitative estimate of drug-likeness (QED) is 0.265. The van der Waals surface area contributed by atoms with E-state index in [0.717, 1.165) is 22.3 Å². The van der Waals surface area contributed by atoms with E-state index in [1.807, 2.05) is 106 Å². The molecule has 5 nitrogen and oxygen atoms in total. The molecule has 0 atom stereocenters. The molecule has 0 unspecified atom stereocenters. The molecule has 0 aliphatic carbocycles. The Hall–Kier alpha value is -4.12. The zero-order chi connectivity index (χ0) is 24.7. The van der Waals surface area contributed by atoms with Crippen LogP contribution in [-0.4, -0.2) is 16.6 Å². The predicted molar refractivity (Wildman–Crippen MR) is 136 cm³/mol. The van der Waals surface area contributed by atoms with E-state index < -0.39 is 5.60 Å². The Labute approximate surface area is 206 Å². The van der Waals surface area contributed by atoms with Gasteiger partial charge < -0.3 is 14.2 Å². The van der Waals surface area contributed by atoms with Crippen molar-refractivity contribution >= 4 is 5.97 Å². The van der Waals surface area contributed by atoms with E-state index in [4.69, 9.17) is 14.2 Å². The van der Waals surface area contributed by atoms with Crippen LogP contribution in [0.25, 0.3) is 11.1 Å². The van der Waals surface area contributed by atoms with Gasteiger partial charge in [0.1, 0.15) is 18.8 Å². The fourth-order valence-electron chi connectivity index (χ4n) is 3.44. The fourth-order valence-corrected chi connectivity index (χ4v) is 3.44. The number of rotatable bonds is 8. The van der Waals surface area contributed by atoms with Crippen molar-refractivity contribution in [3.8, 4) is 22.9 Å². The Morgan fingerprint density at radius 1 is 0.743 bits per heavy atom. The Bertz CT molecular complexity index is 1260. The molecular formula is C30H29NO4. The van der Waals surface area contributed by atoms with Crippen molar-refractivity contribution in [2.45, 2.75) is 39.6 Å². The van der Waals surface area contributed by atoms with Crippen molar-refractivity contribution in [3.05, 3.63) is 114 Å². The number of hydrogen-bond acceptors (Lipinski definition) is 5. The van der Waals surface area contributed by atoms with Crippen LogP contribution in [0.15, 0.2) is 97.1 Å². The Morgan fingerprint density at radius 3 is 2.00 bits per heavy atom. The summed E-state index contributed by atoms with van der Waals surface area (Å²) in [4.78, 5) is 17.3. The molecule has 5 heteroatoms. The average Bonchev–Trinajstić information content (AvgIpc) is 2.86. The number of carbonyl (C=O) groups excluding carboxylic acids is 1. The highest BCUT2D eigenvalue weighted by molar-refractivity contribution is 5.91. The molecule has 0 saturated carbocycles. The monoisotopic (exact) mass is 467 g/mol. The highest BCUT2D eigenvalue weighted by atomic mass is 16.6. The van der Waals surface area contributed by atoms with Crippen LogP contribution in [0.2, 0.25) is 0 Å². The van der Waals surface area contributed by atoms with Crippen molar-refractivity contribution in [1.82, 2.24) is 4.98 Å². The van der Waals surface area contributed by atoms with Gasteiger partial charge in [0.25, 0.3) is 0 Å². The Kier molecular flexibility index (Phi) is 7.46. The number of benzene rings is 3. The number of esters is 1. The first kappa shape index (κ1) is 24.0. The molecule has 0 aliphatic rings. The summed E-state index contributed by atoms with van der Waals surface area (Å²) in [6, 6.07) is 30.8. The summed E-state index contributed by atoms with van der Waals surface area (Å²) in [6.07, 6.45) is 0. The third-order valence-corrected chi connectivity index (χ3v) is 5.09. The van der Waals surface area contributed by atoms with Gasteiger partial charge >= 0.3 is 5.97 Å². The number of aromatic nitrogens is 1. The van der Waals surface area contributed by atoms with Gasteiger partial charge in [0, 0.05) is 11.6 Å². The third kappa shape index (κ3) is 6.93. The summed E-state index contributed by atoms with van der Waals surface area (Å²) in [6.45, 7) is 6.31. The van der Waals surface area contributed by atoms with Gasteiger partial charge in [0.05, 0.1) is 5.56 Å². The summed E-state index contributed by atoms with van der Waals surface area (Å²) in [5.41, 5.74) is 3.54. The molecule has 0 radical (unpaired) electrons. The van der Waals surface area contributed by atoms with E-state index in [1.54, 1.807) is 12.1 Å². The van der Waals surface area contributed by atoms with Crippen LogP contribution in [0.3, 0.4) is 0 Å². The third-order valence-electron chi connectivity index (χ3n) is 5.09. The number of ether oxygens (including phenoxy) is 3. The van der Waals surface area contributed by atoms with E-state index >= 15 is 0 Å². The molecule has 4 aromatic rings. The first-order chi connectivity index (χ1) is 16.9. The highest BCUT2D eigenvalue weighted by Gasteiger charge is 2.19. The van der Waals surface area contributed by atoms with Crippen LogP contribution in [-0.2, 0) is 18.0 Å². The molecule has 0 spiro atoms. The van der Waals surface area contributed by atoms with Crippen molar-refractivity contribution in [2.24, 2.45) is 0 Å². The van der Waals surface area contributed by atoms with Gasteiger partial charge in [-0.05, 0) is 55.7 Å². The van der Waals surface area contributed by atoms with Gasteiger partial charge in [0.2, 0.25) is 11.8 Å². The second kappa shape index (κ2) is 10.9. The minimum atomic E-state index is -0.573. The lowest BCUT2D eigenvalue weighted by Gasteiger charge is -2.19. The summed E-state index contributed by atoms with van der Waals surface area (Å²) in [5, 5.41) is 0. The van der Waals surface area contributed by atoms with Crippen LogP contribution in [0.5, 0.6) is 11.8 Å². The lowest BCUT2D eigenvalue weighted by atomic mass is 10.0. The largest absolute Gasteiger partial charge is 0.473 e. The first-order valence-corrected chi connectivity index (χ1v) is 11.6. The van der Waals surface area contributed by atoms with Crippen LogP contribution in [0, 0.1) is 0 Å².